The van der Waals surface area contributed by atoms with E-state index in [0.717, 1.165) is 12.1 Å². The molecular weight excluding hydrogens is 240 g/mol. The molecule has 1 fully saturated rings. The summed E-state index contributed by atoms with van der Waals surface area (Å²) in [5.41, 5.74) is 7.98. The Morgan fingerprint density at radius 2 is 1.78 bits per heavy atom. The molecular formula is C15H22N2S. The third-order valence-electron chi connectivity index (χ3n) is 3.57. The molecule has 0 aliphatic carbocycles. The highest BCUT2D eigenvalue weighted by atomic mass is 32.1. The van der Waals surface area contributed by atoms with Crippen LogP contribution in [0.1, 0.15) is 43.2 Å². The minimum atomic E-state index is 0.490. The van der Waals surface area contributed by atoms with Gasteiger partial charge in [-0.15, -0.1) is 0 Å². The first-order valence-electron chi connectivity index (χ1n) is 6.87. The summed E-state index contributed by atoms with van der Waals surface area (Å²) in [6.07, 6.45) is 6.82. The first-order valence-corrected chi connectivity index (χ1v) is 7.27. The van der Waals surface area contributed by atoms with E-state index < -0.39 is 0 Å². The van der Waals surface area contributed by atoms with Crippen LogP contribution in [0.3, 0.4) is 0 Å². The second-order valence-electron chi connectivity index (χ2n) is 5.11. The van der Waals surface area contributed by atoms with Crippen molar-refractivity contribution in [3.63, 3.8) is 0 Å². The SMILES string of the molecule is NC(=S)c1cccc(CN2CCCCCCC2)c1. The Labute approximate surface area is 115 Å². The van der Waals surface area contributed by atoms with Gasteiger partial charge >= 0.3 is 0 Å². The van der Waals surface area contributed by atoms with E-state index in [1.165, 1.54) is 50.8 Å². The van der Waals surface area contributed by atoms with Crippen molar-refractivity contribution in [3.05, 3.63) is 35.4 Å². The van der Waals surface area contributed by atoms with Gasteiger partial charge in [0.1, 0.15) is 4.99 Å². The molecule has 98 valence electrons. The summed E-state index contributed by atoms with van der Waals surface area (Å²) in [6, 6.07) is 8.33. The number of hydrogen-bond acceptors (Lipinski definition) is 2. The van der Waals surface area contributed by atoms with E-state index >= 15 is 0 Å². The molecule has 1 saturated heterocycles. The van der Waals surface area contributed by atoms with Crippen LogP contribution in [0.15, 0.2) is 24.3 Å². The van der Waals surface area contributed by atoms with Gasteiger partial charge in [-0.05, 0) is 37.6 Å². The number of nitrogens with zero attached hydrogens (tertiary/aromatic N) is 1. The van der Waals surface area contributed by atoms with Crippen molar-refractivity contribution in [2.45, 2.75) is 38.6 Å². The molecule has 0 aromatic heterocycles. The van der Waals surface area contributed by atoms with Crippen LogP contribution >= 0.6 is 12.2 Å². The minimum Gasteiger partial charge on any atom is -0.389 e. The van der Waals surface area contributed by atoms with Gasteiger partial charge < -0.3 is 5.73 Å². The molecule has 1 aromatic rings. The summed E-state index contributed by atoms with van der Waals surface area (Å²) in [5, 5.41) is 0. The maximum atomic E-state index is 5.68. The fourth-order valence-electron chi connectivity index (χ4n) is 2.55. The number of thiocarbonyl (C=S) groups is 1. The van der Waals surface area contributed by atoms with Crippen LogP contribution in [-0.4, -0.2) is 23.0 Å². The van der Waals surface area contributed by atoms with Crippen LogP contribution in [0.4, 0.5) is 0 Å². The maximum absolute atomic E-state index is 5.68. The van der Waals surface area contributed by atoms with Crippen molar-refractivity contribution >= 4 is 17.2 Å². The average Bonchev–Trinajstić information content (AvgIpc) is 2.33. The van der Waals surface area contributed by atoms with Crippen LogP contribution in [0.25, 0.3) is 0 Å². The van der Waals surface area contributed by atoms with E-state index in [4.69, 9.17) is 18.0 Å². The largest absolute Gasteiger partial charge is 0.389 e. The number of likely N-dealkylation sites (tertiary alicyclic amines) is 1. The van der Waals surface area contributed by atoms with E-state index in [1.54, 1.807) is 0 Å². The topological polar surface area (TPSA) is 29.3 Å². The summed E-state index contributed by atoms with van der Waals surface area (Å²) in [7, 11) is 0. The molecule has 0 spiro atoms. The summed E-state index contributed by atoms with van der Waals surface area (Å²) in [6.45, 7) is 3.46. The van der Waals surface area contributed by atoms with Crippen LogP contribution in [0.2, 0.25) is 0 Å². The second-order valence-corrected chi connectivity index (χ2v) is 5.55. The van der Waals surface area contributed by atoms with E-state index in [-0.39, 0.29) is 0 Å². The Bertz CT molecular complexity index is 395. The van der Waals surface area contributed by atoms with Gasteiger partial charge in [-0.3, -0.25) is 4.90 Å². The summed E-state index contributed by atoms with van der Waals surface area (Å²) in [5.74, 6) is 0. The van der Waals surface area contributed by atoms with Gasteiger partial charge in [0, 0.05) is 12.1 Å². The maximum Gasteiger partial charge on any atom is 0.103 e. The van der Waals surface area contributed by atoms with E-state index in [2.05, 4.69) is 17.0 Å². The molecule has 2 rings (SSSR count). The Balaban J connectivity index is 1.98. The van der Waals surface area contributed by atoms with Gasteiger partial charge in [0.2, 0.25) is 0 Å². The standard InChI is InChI=1S/C15H22N2S/c16-15(18)14-8-6-7-13(11-14)12-17-9-4-2-1-3-5-10-17/h6-8,11H,1-5,9-10,12H2,(H2,16,18). The minimum absolute atomic E-state index is 0.490. The highest BCUT2D eigenvalue weighted by Gasteiger charge is 2.09. The van der Waals surface area contributed by atoms with Gasteiger partial charge in [-0.1, -0.05) is 49.7 Å². The van der Waals surface area contributed by atoms with Gasteiger partial charge in [-0.25, -0.2) is 0 Å². The molecule has 1 aliphatic heterocycles. The molecule has 1 aromatic carbocycles. The highest BCUT2D eigenvalue weighted by Crippen LogP contribution is 2.14. The fraction of sp³-hybridized carbons (Fsp3) is 0.533. The predicted octanol–water partition coefficient (Wildman–Crippen LogP) is 3.09. The summed E-state index contributed by atoms with van der Waals surface area (Å²) >= 11 is 5.03. The first-order chi connectivity index (χ1) is 8.75. The number of hydrogen-bond donors (Lipinski definition) is 1. The molecule has 0 bridgehead atoms. The van der Waals surface area contributed by atoms with Crippen molar-refractivity contribution in [2.24, 2.45) is 5.73 Å². The van der Waals surface area contributed by atoms with Gasteiger partial charge in [0.15, 0.2) is 0 Å². The Hall–Kier alpha value is -0.930. The van der Waals surface area contributed by atoms with Crippen molar-refractivity contribution < 1.29 is 0 Å². The zero-order valence-electron chi connectivity index (χ0n) is 10.9. The monoisotopic (exact) mass is 262 g/mol. The van der Waals surface area contributed by atoms with Crippen LogP contribution in [-0.2, 0) is 6.54 Å². The van der Waals surface area contributed by atoms with Gasteiger partial charge in [0.25, 0.3) is 0 Å². The number of rotatable bonds is 3. The number of benzene rings is 1. The zero-order valence-corrected chi connectivity index (χ0v) is 11.7. The molecule has 0 saturated carbocycles. The van der Waals surface area contributed by atoms with Crippen molar-refractivity contribution in [3.8, 4) is 0 Å². The number of nitrogens with two attached hydrogens (primary N) is 1. The Kier molecular flexibility index (Phi) is 5.14. The third-order valence-corrected chi connectivity index (χ3v) is 3.80. The molecule has 0 atom stereocenters. The van der Waals surface area contributed by atoms with Crippen LogP contribution in [0, 0.1) is 0 Å². The lowest BCUT2D eigenvalue weighted by Crippen LogP contribution is -2.27. The zero-order chi connectivity index (χ0) is 12.8. The van der Waals surface area contributed by atoms with Crippen molar-refractivity contribution in [1.29, 1.82) is 0 Å². The van der Waals surface area contributed by atoms with E-state index in [0.29, 0.717) is 4.99 Å². The highest BCUT2D eigenvalue weighted by molar-refractivity contribution is 7.80. The molecule has 1 aliphatic rings. The lowest BCUT2D eigenvalue weighted by Gasteiger charge is -2.24. The van der Waals surface area contributed by atoms with Gasteiger partial charge in [0.05, 0.1) is 0 Å². The fourth-order valence-corrected chi connectivity index (χ4v) is 2.68. The third kappa shape index (κ3) is 4.07. The molecule has 1 heterocycles. The van der Waals surface area contributed by atoms with Crippen LogP contribution < -0.4 is 5.73 Å². The smallest absolute Gasteiger partial charge is 0.103 e. The lowest BCUT2D eigenvalue weighted by molar-refractivity contribution is 0.240. The second kappa shape index (κ2) is 6.86. The van der Waals surface area contributed by atoms with Crippen molar-refractivity contribution in [1.82, 2.24) is 4.90 Å². The predicted molar refractivity (Wildman–Crippen MR) is 80.7 cm³/mol. The molecule has 18 heavy (non-hydrogen) atoms. The Morgan fingerprint density at radius 1 is 1.11 bits per heavy atom. The summed E-state index contributed by atoms with van der Waals surface area (Å²) in [4.78, 5) is 3.04. The Morgan fingerprint density at radius 3 is 2.44 bits per heavy atom. The molecule has 2 N–H and O–H groups in total. The average molecular weight is 262 g/mol. The molecule has 0 unspecified atom stereocenters. The van der Waals surface area contributed by atoms with E-state index in [9.17, 15) is 0 Å². The van der Waals surface area contributed by atoms with Crippen molar-refractivity contribution in [2.75, 3.05) is 13.1 Å². The summed E-state index contributed by atoms with van der Waals surface area (Å²) < 4.78 is 0. The van der Waals surface area contributed by atoms with Crippen LogP contribution in [0.5, 0.6) is 0 Å². The molecule has 0 radical (unpaired) electrons. The van der Waals surface area contributed by atoms with E-state index in [1.807, 2.05) is 12.1 Å². The quantitative estimate of drug-likeness (QED) is 0.849. The lowest BCUT2D eigenvalue weighted by atomic mass is 10.1. The van der Waals surface area contributed by atoms with Gasteiger partial charge in [-0.2, -0.15) is 0 Å². The molecule has 3 heteroatoms. The normalized spacial score (nSPS) is 18.0. The molecule has 0 amide bonds. The molecule has 2 nitrogen and oxygen atoms in total. The first kappa shape index (κ1) is 13.5.